The van der Waals surface area contributed by atoms with Gasteiger partial charge >= 0.3 is 6.09 Å². The Hall–Kier alpha value is -1.14. The first-order valence-corrected chi connectivity index (χ1v) is 7.37. The predicted molar refractivity (Wildman–Crippen MR) is 75.4 cm³/mol. The number of thiazole rings is 1. The highest BCUT2D eigenvalue weighted by Crippen LogP contribution is 2.29. The molecule has 0 bridgehead atoms. The van der Waals surface area contributed by atoms with Crippen LogP contribution >= 0.6 is 11.3 Å². The van der Waals surface area contributed by atoms with Crippen LogP contribution in [0, 0.1) is 6.92 Å². The van der Waals surface area contributed by atoms with Gasteiger partial charge in [-0.25, -0.2) is 9.78 Å². The summed E-state index contributed by atoms with van der Waals surface area (Å²) in [6.07, 6.45) is -0.244. The number of rotatable bonds is 1. The molecule has 0 aromatic carbocycles. The zero-order valence-corrected chi connectivity index (χ0v) is 12.7. The maximum absolute atomic E-state index is 12.3. The number of piperazine rings is 1. The molecule has 2 heterocycles. The number of hydrogen-bond acceptors (Lipinski definition) is 5. The highest BCUT2D eigenvalue weighted by atomic mass is 32.1. The minimum absolute atomic E-state index is 0.0242. The topological polar surface area (TPSA) is 54.5 Å². The lowest BCUT2D eigenvalue weighted by molar-refractivity contribution is 0.0121. The number of carbonyl (C=O) groups is 1. The van der Waals surface area contributed by atoms with E-state index in [2.05, 4.69) is 10.3 Å². The zero-order valence-electron chi connectivity index (χ0n) is 11.9. The van der Waals surface area contributed by atoms with E-state index in [1.807, 2.05) is 38.1 Å². The second-order valence-electron chi connectivity index (χ2n) is 5.70. The van der Waals surface area contributed by atoms with Crippen molar-refractivity contribution in [1.82, 2.24) is 15.2 Å². The molecule has 2 rings (SSSR count). The van der Waals surface area contributed by atoms with Gasteiger partial charge in [-0.3, -0.25) is 4.90 Å². The summed E-state index contributed by atoms with van der Waals surface area (Å²) in [5, 5.41) is 3.33. The van der Waals surface area contributed by atoms with Crippen LogP contribution in [0.3, 0.4) is 0 Å². The van der Waals surface area contributed by atoms with Crippen LogP contribution in [0.15, 0.2) is 5.51 Å². The Kier molecular flexibility index (Phi) is 4.10. The fourth-order valence-corrected chi connectivity index (χ4v) is 3.02. The van der Waals surface area contributed by atoms with Crippen LogP contribution < -0.4 is 5.32 Å². The van der Waals surface area contributed by atoms with Gasteiger partial charge in [0.15, 0.2) is 0 Å². The van der Waals surface area contributed by atoms with Crippen molar-refractivity contribution in [3.8, 4) is 0 Å². The van der Waals surface area contributed by atoms with Crippen molar-refractivity contribution < 1.29 is 9.53 Å². The van der Waals surface area contributed by atoms with Gasteiger partial charge in [0.05, 0.1) is 22.1 Å². The van der Waals surface area contributed by atoms with Crippen LogP contribution in [0.5, 0.6) is 0 Å². The van der Waals surface area contributed by atoms with Gasteiger partial charge in [-0.05, 0) is 27.7 Å². The van der Waals surface area contributed by atoms with E-state index in [0.29, 0.717) is 6.54 Å². The fourth-order valence-electron chi connectivity index (χ4n) is 2.11. The van der Waals surface area contributed by atoms with Gasteiger partial charge in [0.25, 0.3) is 0 Å². The third kappa shape index (κ3) is 3.45. The van der Waals surface area contributed by atoms with E-state index in [4.69, 9.17) is 4.74 Å². The van der Waals surface area contributed by atoms with E-state index >= 15 is 0 Å². The summed E-state index contributed by atoms with van der Waals surface area (Å²) in [7, 11) is 0. The highest BCUT2D eigenvalue weighted by Gasteiger charge is 2.32. The molecule has 1 atom stereocenters. The van der Waals surface area contributed by atoms with Crippen LogP contribution in [-0.4, -0.2) is 41.2 Å². The standard InChI is InChI=1S/C13H21N3O2S/c1-9-11(19-8-15-9)10-7-14-5-6-16(10)12(17)18-13(2,3)4/h8,10,14H,5-7H2,1-4H3. The molecule has 1 fully saturated rings. The molecule has 1 unspecified atom stereocenters. The van der Waals surface area contributed by atoms with Gasteiger partial charge in [-0.15, -0.1) is 11.3 Å². The SMILES string of the molecule is Cc1ncsc1C1CNCCN1C(=O)OC(C)(C)C. The van der Waals surface area contributed by atoms with Gasteiger partial charge in [0.1, 0.15) is 5.60 Å². The average Bonchev–Trinajstić information content (AvgIpc) is 2.73. The molecule has 1 N–H and O–H groups in total. The molecule has 1 aromatic heterocycles. The molecule has 19 heavy (non-hydrogen) atoms. The Morgan fingerprint density at radius 3 is 2.89 bits per heavy atom. The van der Waals surface area contributed by atoms with Gasteiger partial charge in [-0.2, -0.15) is 0 Å². The second-order valence-corrected chi connectivity index (χ2v) is 6.58. The van der Waals surface area contributed by atoms with E-state index in [1.165, 1.54) is 0 Å². The van der Waals surface area contributed by atoms with Crippen molar-refractivity contribution in [1.29, 1.82) is 0 Å². The Morgan fingerprint density at radius 1 is 1.58 bits per heavy atom. The summed E-state index contributed by atoms with van der Waals surface area (Å²) in [6.45, 7) is 9.86. The normalized spacial score (nSPS) is 20.4. The van der Waals surface area contributed by atoms with E-state index in [9.17, 15) is 4.79 Å². The van der Waals surface area contributed by atoms with Crippen LogP contribution in [0.25, 0.3) is 0 Å². The Balaban J connectivity index is 2.17. The van der Waals surface area contributed by atoms with Crippen molar-refractivity contribution in [2.45, 2.75) is 39.3 Å². The van der Waals surface area contributed by atoms with Crippen LogP contribution in [-0.2, 0) is 4.74 Å². The lowest BCUT2D eigenvalue weighted by Crippen LogP contribution is -2.50. The summed E-state index contributed by atoms with van der Waals surface area (Å²) in [5.41, 5.74) is 2.36. The molecule has 5 nitrogen and oxygen atoms in total. The summed E-state index contributed by atoms with van der Waals surface area (Å²) < 4.78 is 5.49. The van der Waals surface area contributed by atoms with Crippen molar-refractivity contribution in [3.63, 3.8) is 0 Å². The molecule has 1 aliphatic rings. The van der Waals surface area contributed by atoms with Crippen molar-refractivity contribution >= 4 is 17.4 Å². The average molecular weight is 283 g/mol. The predicted octanol–water partition coefficient (Wildman–Crippen LogP) is 2.33. The molecule has 0 saturated carbocycles. The third-order valence-electron chi connectivity index (χ3n) is 2.96. The minimum Gasteiger partial charge on any atom is -0.444 e. The van der Waals surface area contributed by atoms with E-state index < -0.39 is 5.60 Å². The number of ether oxygens (including phenoxy) is 1. The molecule has 1 saturated heterocycles. The first kappa shape index (κ1) is 14.3. The number of amides is 1. The van der Waals surface area contributed by atoms with Crippen molar-refractivity contribution in [3.05, 3.63) is 16.1 Å². The molecule has 106 valence electrons. The maximum atomic E-state index is 12.3. The van der Waals surface area contributed by atoms with Gasteiger partial charge in [-0.1, -0.05) is 0 Å². The summed E-state index contributed by atoms with van der Waals surface area (Å²) in [6, 6.07) is 0.0242. The summed E-state index contributed by atoms with van der Waals surface area (Å²) in [5.74, 6) is 0. The monoisotopic (exact) mass is 283 g/mol. The van der Waals surface area contributed by atoms with E-state index in [1.54, 1.807) is 11.3 Å². The van der Waals surface area contributed by atoms with Crippen LogP contribution in [0.2, 0.25) is 0 Å². The smallest absolute Gasteiger partial charge is 0.410 e. The molecule has 1 amide bonds. The summed E-state index contributed by atoms with van der Waals surface area (Å²) >= 11 is 1.59. The maximum Gasteiger partial charge on any atom is 0.410 e. The lowest BCUT2D eigenvalue weighted by Gasteiger charge is -2.36. The van der Waals surface area contributed by atoms with Crippen LogP contribution in [0.1, 0.15) is 37.4 Å². The van der Waals surface area contributed by atoms with Gasteiger partial charge in [0.2, 0.25) is 0 Å². The molecular formula is C13H21N3O2S. The molecule has 6 heteroatoms. The third-order valence-corrected chi connectivity index (χ3v) is 3.99. The minimum atomic E-state index is -0.463. The largest absolute Gasteiger partial charge is 0.444 e. The lowest BCUT2D eigenvalue weighted by atomic mass is 10.1. The molecule has 0 radical (unpaired) electrons. The van der Waals surface area contributed by atoms with Crippen molar-refractivity contribution in [2.75, 3.05) is 19.6 Å². The molecule has 0 spiro atoms. The zero-order chi connectivity index (χ0) is 14.0. The van der Waals surface area contributed by atoms with Gasteiger partial charge in [0, 0.05) is 19.6 Å². The number of nitrogens with zero attached hydrogens (tertiary/aromatic N) is 2. The first-order chi connectivity index (χ1) is 8.88. The Morgan fingerprint density at radius 2 is 2.32 bits per heavy atom. The Labute approximate surface area is 118 Å². The summed E-state index contributed by atoms with van der Waals surface area (Å²) in [4.78, 5) is 19.5. The molecule has 1 aromatic rings. The highest BCUT2D eigenvalue weighted by molar-refractivity contribution is 7.09. The first-order valence-electron chi connectivity index (χ1n) is 6.49. The van der Waals surface area contributed by atoms with Crippen molar-refractivity contribution in [2.24, 2.45) is 0 Å². The van der Waals surface area contributed by atoms with Crippen LogP contribution in [0.4, 0.5) is 4.79 Å². The Bertz CT molecular complexity index is 453. The number of carbonyl (C=O) groups excluding carboxylic acids is 1. The fraction of sp³-hybridized carbons (Fsp3) is 0.692. The quantitative estimate of drug-likeness (QED) is 0.859. The van der Waals surface area contributed by atoms with Gasteiger partial charge < -0.3 is 10.1 Å². The molecule has 1 aliphatic heterocycles. The number of hydrogen-bond donors (Lipinski definition) is 1. The molecule has 0 aliphatic carbocycles. The van der Waals surface area contributed by atoms with E-state index in [0.717, 1.165) is 23.7 Å². The number of nitrogens with one attached hydrogen (secondary N) is 1. The van der Waals surface area contributed by atoms with E-state index in [-0.39, 0.29) is 12.1 Å². The number of aromatic nitrogens is 1. The molecular weight excluding hydrogens is 262 g/mol. The second kappa shape index (κ2) is 5.46. The number of aryl methyl sites for hydroxylation is 1.